The van der Waals surface area contributed by atoms with Crippen molar-refractivity contribution in [1.82, 2.24) is 5.32 Å². The Labute approximate surface area is 184 Å². The van der Waals surface area contributed by atoms with Gasteiger partial charge >= 0.3 is 0 Å². The lowest BCUT2D eigenvalue weighted by atomic mass is 9.96. The molecule has 2 N–H and O–H groups in total. The Kier molecular flexibility index (Phi) is 7.13. The normalized spacial score (nSPS) is 12.4. The molecule has 0 spiro atoms. The first-order valence-electron chi connectivity index (χ1n) is 10.3. The number of amides is 1. The number of benzene rings is 3. The van der Waals surface area contributed by atoms with Crippen molar-refractivity contribution < 1.29 is 13.2 Å². The van der Waals surface area contributed by atoms with Crippen LogP contribution in [0.3, 0.4) is 0 Å². The molecule has 1 amide bonds. The molecule has 0 aliphatic rings. The van der Waals surface area contributed by atoms with Gasteiger partial charge in [-0.25, -0.2) is 8.42 Å². The van der Waals surface area contributed by atoms with E-state index in [4.69, 9.17) is 0 Å². The second-order valence-corrected chi connectivity index (χ2v) is 9.75. The number of aryl methyl sites for hydroxylation is 1. The maximum atomic E-state index is 12.9. The molecule has 0 unspecified atom stereocenters. The summed E-state index contributed by atoms with van der Waals surface area (Å²) in [6, 6.07) is 22.9. The summed E-state index contributed by atoms with van der Waals surface area (Å²) in [4.78, 5) is 13.1. The Hall–Kier alpha value is -3.12. The van der Waals surface area contributed by atoms with Crippen LogP contribution in [0.4, 0.5) is 5.69 Å². The molecule has 0 saturated heterocycles. The van der Waals surface area contributed by atoms with Crippen molar-refractivity contribution in [2.75, 3.05) is 4.72 Å². The third kappa shape index (κ3) is 6.18. The molecule has 3 rings (SSSR count). The van der Waals surface area contributed by atoms with Gasteiger partial charge in [-0.05, 0) is 55.2 Å². The minimum atomic E-state index is -3.74. The quantitative estimate of drug-likeness (QED) is 0.502. The van der Waals surface area contributed by atoms with Crippen molar-refractivity contribution in [2.45, 2.75) is 38.1 Å². The van der Waals surface area contributed by atoms with Gasteiger partial charge in [0.2, 0.25) is 0 Å². The molecule has 0 aliphatic carbocycles. The minimum absolute atomic E-state index is 0.124. The van der Waals surface area contributed by atoms with E-state index in [0.717, 1.165) is 17.5 Å². The summed E-state index contributed by atoms with van der Waals surface area (Å²) in [5, 5.41) is 3.09. The van der Waals surface area contributed by atoms with Crippen LogP contribution in [-0.4, -0.2) is 14.3 Å². The van der Waals surface area contributed by atoms with E-state index >= 15 is 0 Å². The molecule has 3 aromatic rings. The van der Waals surface area contributed by atoms with E-state index < -0.39 is 10.0 Å². The molecule has 0 bridgehead atoms. The van der Waals surface area contributed by atoms with Crippen molar-refractivity contribution in [3.63, 3.8) is 0 Å². The van der Waals surface area contributed by atoms with E-state index in [2.05, 4.69) is 23.9 Å². The molecule has 3 aromatic carbocycles. The summed E-state index contributed by atoms with van der Waals surface area (Å²) in [5.41, 5.74) is 2.76. The van der Waals surface area contributed by atoms with E-state index in [1.165, 1.54) is 0 Å². The van der Waals surface area contributed by atoms with Gasteiger partial charge < -0.3 is 5.32 Å². The summed E-state index contributed by atoms with van der Waals surface area (Å²) < 4.78 is 27.9. The highest BCUT2D eigenvalue weighted by Crippen LogP contribution is 2.23. The largest absolute Gasteiger partial charge is 0.345 e. The number of hydrogen-bond acceptors (Lipinski definition) is 3. The maximum absolute atomic E-state index is 12.9. The highest BCUT2D eigenvalue weighted by Gasteiger charge is 2.18. The van der Waals surface area contributed by atoms with Crippen LogP contribution in [0, 0.1) is 12.8 Å². The lowest BCUT2D eigenvalue weighted by Gasteiger charge is -2.21. The average molecular weight is 437 g/mol. The fourth-order valence-corrected chi connectivity index (χ4v) is 4.38. The van der Waals surface area contributed by atoms with Gasteiger partial charge in [0.25, 0.3) is 15.9 Å². The van der Waals surface area contributed by atoms with Crippen LogP contribution in [0.2, 0.25) is 0 Å². The predicted octanol–water partition coefficient (Wildman–Crippen LogP) is 5.31. The molecular formula is C25H28N2O3S. The Morgan fingerprint density at radius 1 is 0.903 bits per heavy atom. The molecule has 0 heterocycles. The molecule has 31 heavy (non-hydrogen) atoms. The molecular weight excluding hydrogens is 408 g/mol. The fraction of sp³-hybridized carbons (Fsp3) is 0.240. The van der Waals surface area contributed by atoms with Gasteiger partial charge in [0.05, 0.1) is 10.9 Å². The predicted molar refractivity (Wildman–Crippen MR) is 125 cm³/mol. The molecule has 0 fully saturated rings. The Morgan fingerprint density at radius 2 is 1.58 bits per heavy atom. The lowest BCUT2D eigenvalue weighted by molar-refractivity contribution is 0.0932. The van der Waals surface area contributed by atoms with Crippen LogP contribution in [0.1, 0.15) is 47.8 Å². The van der Waals surface area contributed by atoms with Crippen LogP contribution in [0.25, 0.3) is 0 Å². The smallest absolute Gasteiger partial charge is 0.261 e. The Balaban J connectivity index is 1.78. The second kappa shape index (κ2) is 9.79. The number of anilines is 1. The van der Waals surface area contributed by atoms with Gasteiger partial charge in [0, 0.05) is 11.3 Å². The molecule has 1 atom stereocenters. The minimum Gasteiger partial charge on any atom is -0.345 e. The van der Waals surface area contributed by atoms with Gasteiger partial charge in [-0.1, -0.05) is 67.9 Å². The van der Waals surface area contributed by atoms with Crippen LogP contribution < -0.4 is 10.0 Å². The van der Waals surface area contributed by atoms with Gasteiger partial charge in [-0.3, -0.25) is 9.52 Å². The van der Waals surface area contributed by atoms with Crippen LogP contribution in [-0.2, 0) is 10.0 Å². The first-order valence-corrected chi connectivity index (χ1v) is 11.8. The molecule has 162 valence electrons. The molecule has 0 saturated carbocycles. The van der Waals surface area contributed by atoms with Crippen LogP contribution in [0.5, 0.6) is 0 Å². The third-order valence-electron chi connectivity index (χ3n) is 4.92. The van der Waals surface area contributed by atoms with Crippen molar-refractivity contribution >= 4 is 21.6 Å². The number of carbonyl (C=O) groups excluding carboxylic acids is 1. The summed E-state index contributed by atoms with van der Waals surface area (Å²) in [6.07, 6.45) is 0.801. The van der Waals surface area contributed by atoms with Gasteiger partial charge in [-0.2, -0.15) is 0 Å². The second-order valence-electron chi connectivity index (χ2n) is 8.07. The third-order valence-corrected chi connectivity index (χ3v) is 6.32. The summed E-state index contributed by atoms with van der Waals surface area (Å²) in [6.45, 7) is 6.12. The highest BCUT2D eigenvalue weighted by molar-refractivity contribution is 7.92. The van der Waals surface area contributed by atoms with Crippen molar-refractivity contribution in [1.29, 1.82) is 0 Å². The van der Waals surface area contributed by atoms with Gasteiger partial charge in [0.1, 0.15) is 0 Å². The first kappa shape index (κ1) is 22.6. The van der Waals surface area contributed by atoms with Gasteiger partial charge in [-0.15, -0.1) is 0 Å². The molecule has 0 aliphatic heterocycles. The summed E-state index contributed by atoms with van der Waals surface area (Å²) in [7, 11) is -3.74. The fourth-order valence-electron chi connectivity index (χ4n) is 3.33. The summed E-state index contributed by atoms with van der Waals surface area (Å²) >= 11 is 0. The van der Waals surface area contributed by atoms with Crippen molar-refractivity contribution in [3.8, 4) is 0 Å². The van der Waals surface area contributed by atoms with E-state index in [1.807, 2.05) is 37.3 Å². The average Bonchev–Trinajstić information content (AvgIpc) is 2.74. The maximum Gasteiger partial charge on any atom is 0.261 e. The van der Waals surface area contributed by atoms with Crippen molar-refractivity contribution in [3.05, 3.63) is 95.6 Å². The zero-order chi connectivity index (χ0) is 22.4. The zero-order valence-corrected chi connectivity index (χ0v) is 18.8. The molecule has 6 heteroatoms. The lowest BCUT2D eigenvalue weighted by Crippen LogP contribution is -2.29. The number of nitrogens with one attached hydrogen (secondary N) is 2. The molecule has 5 nitrogen and oxygen atoms in total. The van der Waals surface area contributed by atoms with Crippen LogP contribution >= 0.6 is 0 Å². The molecule has 0 radical (unpaired) electrons. The van der Waals surface area contributed by atoms with E-state index in [1.54, 1.807) is 48.5 Å². The zero-order valence-electron chi connectivity index (χ0n) is 18.0. The van der Waals surface area contributed by atoms with Crippen LogP contribution in [0.15, 0.2) is 83.8 Å². The van der Waals surface area contributed by atoms with E-state index in [-0.39, 0.29) is 16.8 Å². The van der Waals surface area contributed by atoms with E-state index in [9.17, 15) is 13.2 Å². The number of rotatable bonds is 8. The van der Waals surface area contributed by atoms with E-state index in [0.29, 0.717) is 17.2 Å². The summed E-state index contributed by atoms with van der Waals surface area (Å²) in [5.74, 6) is 0.157. The van der Waals surface area contributed by atoms with Crippen molar-refractivity contribution in [2.24, 2.45) is 5.92 Å². The monoisotopic (exact) mass is 436 g/mol. The number of carbonyl (C=O) groups is 1. The number of hydrogen-bond donors (Lipinski definition) is 2. The Bertz CT molecular complexity index is 1120. The standard InChI is InChI=1S/C25H28N2O3S/c1-18(2)16-24(20-8-5-4-6-9-20)26-25(28)21-10-7-11-22(17-21)27-31(29,30)23-14-12-19(3)13-15-23/h4-15,17-18,24,27H,16H2,1-3H3,(H,26,28)/t24-/m0/s1. The Morgan fingerprint density at radius 3 is 2.23 bits per heavy atom. The first-order chi connectivity index (χ1) is 14.7. The topological polar surface area (TPSA) is 75.3 Å². The highest BCUT2D eigenvalue weighted by atomic mass is 32.2. The number of sulfonamides is 1. The molecule has 0 aromatic heterocycles. The van der Waals surface area contributed by atoms with Gasteiger partial charge in [0.15, 0.2) is 0 Å². The SMILES string of the molecule is Cc1ccc(S(=O)(=O)Nc2cccc(C(=O)N[C@@H](CC(C)C)c3ccccc3)c2)cc1.